The minimum atomic E-state index is -0.941. The Hall–Kier alpha value is -2.79. The number of halogens is 1. The average Bonchev–Trinajstić information content (AvgIpc) is 2.67. The maximum Gasteiger partial charge on any atom is 0.335 e. The van der Waals surface area contributed by atoms with Crippen LogP contribution >= 0.6 is 15.9 Å². The molecule has 0 atom stereocenters. The third kappa shape index (κ3) is 5.34. The molecule has 0 bridgehead atoms. The van der Waals surface area contributed by atoms with Gasteiger partial charge in [0.05, 0.1) is 5.56 Å². The van der Waals surface area contributed by atoms with Crippen LogP contribution in [-0.2, 0) is 13.2 Å². The number of carboxylic acids is 1. The molecule has 0 aromatic heterocycles. The Labute approximate surface area is 166 Å². The minimum absolute atomic E-state index is 0.255. The van der Waals surface area contributed by atoms with Crippen molar-refractivity contribution in [2.75, 3.05) is 5.32 Å². The molecule has 0 heterocycles. The van der Waals surface area contributed by atoms with Crippen molar-refractivity contribution in [3.05, 3.63) is 93.5 Å². The van der Waals surface area contributed by atoms with Crippen LogP contribution in [0.1, 0.15) is 27.0 Å². The summed E-state index contributed by atoms with van der Waals surface area (Å²) in [6.07, 6.45) is 0. The second-order valence-electron chi connectivity index (χ2n) is 6.27. The smallest absolute Gasteiger partial charge is 0.335 e. The van der Waals surface area contributed by atoms with Gasteiger partial charge < -0.3 is 15.2 Å². The molecule has 0 aliphatic carbocycles. The maximum absolute atomic E-state index is 11.1. The van der Waals surface area contributed by atoms with Crippen LogP contribution in [0.25, 0.3) is 0 Å². The van der Waals surface area contributed by atoms with Crippen LogP contribution in [0.2, 0.25) is 0 Å². The molecule has 3 aromatic rings. The summed E-state index contributed by atoms with van der Waals surface area (Å²) >= 11 is 3.50. The molecule has 0 amide bonds. The van der Waals surface area contributed by atoms with Crippen molar-refractivity contribution < 1.29 is 14.6 Å². The molecule has 0 saturated heterocycles. The van der Waals surface area contributed by atoms with Crippen molar-refractivity contribution in [2.45, 2.75) is 20.1 Å². The van der Waals surface area contributed by atoms with Gasteiger partial charge >= 0.3 is 5.97 Å². The zero-order valence-corrected chi connectivity index (χ0v) is 16.5. The van der Waals surface area contributed by atoms with E-state index >= 15 is 0 Å². The maximum atomic E-state index is 11.1. The predicted octanol–water partition coefficient (Wildman–Crippen LogP) is 5.65. The van der Waals surface area contributed by atoms with Crippen molar-refractivity contribution in [1.29, 1.82) is 0 Å². The highest BCUT2D eigenvalue weighted by Crippen LogP contribution is 2.25. The average molecular weight is 426 g/mol. The molecule has 0 fully saturated rings. The van der Waals surface area contributed by atoms with E-state index in [4.69, 9.17) is 9.84 Å². The molecule has 0 radical (unpaired) electrons. The van der Waals surface area contributed by atoms with Gasteiger partial charge in [-0.15, -0.1) is 0 Å². The number of nitrogens with one attached hydrogen (secondary N) is 1. The molecular weight excluding hydrogens is 406 g/mol. The summed E-state index contributed by atoms with van der Waals surface area (Å²) in [5, 5.41) is 12.4. The van der Waals surface area contributed by atoms with Gasteiger partial charge in [-0.1, -0.05) is 51.8 Å². The Kier molecular flexibility index (Phi) is 6.14. The highest BCUT2D eigenvalue weighted by atomic mass is 79.9. The zero-order valence-electron chi connectivity index (χ0n) is 14.9. The summed E-state index contributed by atoms with van der Waals surface area (Å²) in [6, 6.07) is 20.9. The Morgan fingerprint density at radius 2 is 1.85 bits per heavy atom. The van der Waals surface area contributed by atoms with Crippen LogP contribution < -0.4 is 10.1 Å². The fraction of sp³-hybridized carbons (Fsp3) is 0.136. The van der Waals surface area contributed by atoms with Crippen molar-refractivity contribution in [3.8, 4) is 5.75 Å². The predicted molar refractivity (Wildman–Crippen MR) is 110 cm³/mol. The van der Waals surface area contributed by atoms with E-state index in [2.05, 4.69) is 52.4 Å². The van der Waals surface area contributed by atoms with E-state index in [9.17, 15) is 4.79 Å². The minimum Gasteiger partial charge on any atom is -0.489 e. The Morgan fingerprint density at radius 1 is 1.07 bits per heavy atom. The first-order valence-corrected chi connectivity index (χ1v) is 9.34. The summed E-state index contributed by atoms with van der Waals surface area (Å²) in [6.45, 7) is 3.07. The normalized spacial score (nSPS) is 10.4. The molecule has 5 heteroatoms. The summed E-state index contributed by atoms with van der Waals surface area (Å²) < 4.78 is 6.97. The van der Waals surface area contributed by atoms with E-state index in [-0.39, 0.29) is 5.56 Å². The lowest BCUT2D eigenvalue weighted by Gasteiger charge is -2.14. The van der Waals surface area contributed by atoms with E-state index < -0.39 is 5.97 Å². The Balaban J connectivity index is 1.71. The van der Waals surface area contributed by atoms with Crippen molar-refractivity contribution in [2.24, 2.45) is 0 Å². The SMILES string of the molecule is Cc1ccc(COc2ccc(Br)cc2CNc2cccc(C(=O)O)c2)cc1. The lowest BCUT2D eigenvalue weighted by molar-refractivity contribution is 0.0697. The molecule has 2 N–H and O–H groups in total. The van der Waals surface area contributed by atoms with Crippen molar-refractivity contribution in [3.63, 3.8) is 0 Å². The first kappa shape index (κ1) is 19.0. The number of carboxylic acid groups (broad SMARTS) is 1. The van der Waals surface area contributed by atoms with E-state index in [1.54, 1.807) is 18.2 Å². The molecule has 0 saturated carbocycles. The van der Waals surface area contributed by atoms with Crippen LogP contribution in [0, 0.1) is 6.92 Å². The molecule has 3 aromatic carbocycles. The first-order chi connectivity index (χ1) is 13.0. The molecule has 3 rings (SSSR count). The first-order valence-electron chi connectivity index (χ1n) is 8.55. The van der Waals surface area contributed by atoms with Gasteiger partial charge in [0.2, 0.25) is 0 Å². The number of benzene rings is 3. The van der Waals surface area contributed by atoms with Crippen molar-refractivity contribution in [1.82, 2.24) is 0 Å². The van der Waals surface area contributed by atoms with E-state index in [1.165, 1.54) is 5.56 Å². The number of rotatable bonds is 7. The van der Waals surface area contributed by atoms with Gasteiger partial charge in [-0.25, -0.2) is 4.79 Å². The quantitative estimate of drug-likeness (QED) is 0.513. The van der Waals surface area contributed by atoms with Gasteiger partial charge in [0.25, 0.3) is 0 Å². The number of aryl methyl sites for hydroxylation is 1. The third-order valence-electron chi connectivity index (χ3n) is 4.13. The van der Waals surface area contributed by atoms with E-state index in [1.807, 2.05) is 24.3 Å². The topological polar surface area (TPSA) is 58.6 Å². The van der Waals surface area contributed by atoms with Crippen LogP contribution in [0.3, 0.4) is 0 Å². The van der Waals surface area contributed by atoms with Gasteiger partial charge in [0, 0.05) is 22.3 Å². The Morgan fingerprint density at radius 3 is 2.59 bits per heavy atom. The van der Waals surface area contributed by atoms with Gasteiger partial charge in [-0.3, -0.25) is 0 Å². The fourth-order valence-corrected chi connectivity index (χ4v) is 3.04. The summed E-state index contributed by atoms with van der Waals surface area (Å²) in [5.41, 5.74) is 4.31. The molecule has 0 unspecified atom stereocenters. The highest BCUT2D eigenvalue weighted by molar-refractivity contribution is 9.10. The van der Waals surface area contributed by atoms with Crippen LogP contribution in [0.5, 0.6) is 5.75 Å². The molecule has 138 valence electrons. The van der Waals surface area contributed by atoms with Gasteiger partial charge in [-0.05, 0) is 48.9 Å². The number of anilines is 1. The van der Waals surface area contributed by atoms with Crippen molar-refractivity contribution >= 4 is 27.6 Å². The largest absolute Gasteiger partial charge is 0.489 e. The van der Waals surface area contributed by atoms with Gasteiger partial charge in [0.15, 0.2) is 0 Å². The molecule has 0 aliphatic rings. The van der Waals surface area contributed by atoms with Crippen LogP contribution in [0.4, 0.5) is 5.69 Å². The lowest BCUT2D eigenvalue weighted by Crippen LogP contribution is -2.05. The number of hydrogen-bond acceptors (Lipinski definition) is 3. The van der Waals surface area contributed by atoms with E-state index in [0.717, 1.165) is 27.0 Å². The number of ether oxygens (including phenoxy) is 1. The van der Waals surface area contributed by atoms with E-state index in [0.29, 0.717) is 13.2 Å². The second kappa shape index (κ2) is 8.73. The molecule has 4 nitrogen and oxygen atoms in total. The number of aromatic carboxylic acids is 1. The van der Waals surface area contributed by atoms with Crippen LogP contribution in [0.15, 0.2) is 71.2 Å². The summed E-state index contributed by atoms with van der Waals surface area (Å²) in [4.78, 5) is 11.1. The molecule has 0 spiro atoms. The fourth-order valence-electron chi connectivity index (χ4n) is 2.63. The summed E-state index contributed by atoms with van der Waals surface area (Å²) in [7, 11) is 0. The standard InChI is InChI=1S/C22H20BrNO3/c1-15-5-7-16(8-6-15)14-27-21-10-9-19(23)11-18(21)13-24-20-4-2-3-17(12-20)22(25)26/h2-12,24H,13-14H2,1H3,(H,25,26). The second-order valence-corrected chi connectivity index (χ2v) is 7.18. The van der Waals surface area contributed by atoms with Crippen LogP contribution in [-0.4, -0.2) is 11.1 Å². The molecular formula is C22H20BrNO3. The molecule has 0 aliphatic heterocycles. The summed E-state index contributed by atoms with van der Waals surface area (Å²) in [5.74, 6) is -0.149. The van der Waals surface area contributed by atoms with Gasteiger partial charge in [-0.2, -0.15) is 0 Å². The lowest BCUT2D eigenvalue weighted by atomic mass is 10.1. The monoisotopic (exact) mass is 425 g/mol. The highest BCUT2D eigenvalue weighted by Gasteiger charge is 2.07. The number of hydrogen-bond donors (Lipinski definition) is 2. The molecule has 27 heavy (non-hydrogen) atoms. The Bertz CT molecular complexity index is 939. The third-order valence-corrected chi connectivity index (χ3v) is 4.62. The number of carbonyl (C=O) groups is 1. The zero-order chi connectivity index (χ0) is 19.2. The van der Waals surface area contributed by atoms with Gasteiger partial charge in [0.1, 0.15) is 12.4 Å².